The molecule has 0 aromatic heterocycles. The van der Waals surface area contributed by atoms with Gasteiger partial charge in [-0.3, -0.25) is 4.79 Å². The molecule has 0 bridgehead atoms. The molecule has 166 valence electrons. The number of hydrogen-bond acceptors (Lipinski definition) is 5. The fourth-order valence-electron chi connectivity index (χ4n) is 7.46. The van der Waals surface area contributed by atoms with E-state index < -0.39 is 11.4 Å². The number of carboxylic acids is 1. The molecule has 3 aliphatic carbocycles. The standard InChI is InChI=1S/C26H33NO4/c1-25-11-9-16(28)13-15(25)7-8-17-19(25)10-12-26(2,24(30)31)20(17)14-22-23(29)18-5-3-4-6-21(18)27-22/h3-6,14-17,19-20,27-28H,7-13H2,1-2H3,(H,30,31)/p-1/b22-14+/t15-,16-,17-,19+,20-,25+,26+/m1/s1. The van der Waals surface area contributed by atoms with E-state index in [-0.39, 0.29) is 29.1 Å². The average Bonchev–Trinajstić information content (AvgIpc) is 3.06. The van der Waals surface area contributed by atoms with Crippen LogP contribution in [0.15, 0.2) is 36.0 Å². The number of carbonyl (C=O) groups is 2. The van der Waals surface area contributed by atoms with Gasteiger partial charge in [0.15, 0.2) is 0 Å². The van der Waals surface area contributed by atoms with Crippen LogP contribution in [0.3, 0.4) is 0 Å². The zero-order valence-electron chi connectivity index (χ0n) is 18.4. The number of para-hydroxylation sites is 1. The van der Waals surface area contributed by atoms with Crippen molar-refractivity contribution in [1.82, 2.24) is 0 Å². The zero-order valence-corrected chi connectivity index (χ0v) is 18.4. The second kappa shape index (κ2) is 7.19. The molecule has 0 spiro atoms. The summed E-state index contributed by atoms with van der Waals surface area (Å²) in [6, 6.07) is 7.44. The minimum Gasteiger partial charge on any atom is -0.550 e. The lowest BCUT2D eigenvalue weighted by atomic mass is 9.44. The Hall–Kier alpha value is -2.14. The lowest BCUT2D eigenvalue weighted by Gasteiger charge is -2.61. The normalized spacial score (nSPS) is 43.0. The minimum atomic E-state index is -1.01. The average molecular weight is 423 g/mol. The van der Waals surface area contributed by atoms with Gasteiger partial charge < -0.3 is 20.3 Å². The van der Waals surface area contributed by atoms with Gasteiger partial charge in [0.25, 0.3) is 0 Å². The summed E-state index contributed by atoms with van der Waals surface area (Å²) < 4.78 is 0. The van der Waals surface area contributed by atoms with Crippen LogP contribution in [-0.4, -0.2) is 23.0 Å². The van der Waals surface area contributed by atoms with Gasteiger partial charge >= 0.3 is 0 Å². The van der Waals surface area contributed by atoms with Crippen molar-refractivity contribution in [2.75, 3.05) is 5.32 Å². The third-order valence-corrected chi connectivity index (χ3v) is 9.39. The number of carboxylic acid groups (broad SMARTS) is 1. The number of benzene rings is 1. The van der Waals surface area contributed by atoms with Crippen molar-refractivity contribution in [3.05, 3.63) is 41.6 Å². The van der Waals surface area contributed by atoms with Crippen LogP contribution < -0.4 is 10.4 Å². The molecule has 1 aromatic rings. The van der Waals surface area contributed by atoms with Crippen LogP contribution >= 0.6 is 0 Å². The largest absolute Gasteiger partial charge is 0.550 e. The maximum Gasteiger partial charge on any atom is 0.210 e. The Balaban J connectivity index is 1.52. The first-order valence-electron chi connectivity index (χ1n) is 11.8. The molecule has 7 atom stereocenters. The predicted molar refractivity (Wildman–Crippen MR) is 116 cm³/mol. The summed E-state index contributed by atoms with van der Waals surface area (Å²) in [6.45, 7) is 4.17. The van der Waals surface area contributed by atoms with Crippen LogP contribution in [0, 0.1) is 34.5 Å². The lowest BCUT2D eigenvalue weighted by molar-refractivity contribution is -0.324. The number of anilines is 1. The molecule has 1 heterocycles. The smallest absolute Gasteiger partial charge is 0.210 e. The van der Waals surface area contributed by atoms with Gasteiger partial charge in [0.1, 0.15) is 0 Å². The Morgan fingerprint density at radius 3 is 2.68 bits per heavy atom. The molecular formula is C26H32NO4-. The fourth-order valence-corrected chi connectivity index (χ4v) is 7.46. The van der Waals surface area contributed by atoms with E-state index in [9.17, 15) is 19.8 Å². The number of aliphatic hydroxyl groups is 1. The highest BCUT2D eigenvalue weighted by atomic mass is 16.4. The lowest BCUT2D eigenvalue weighted by Crippen LogP contribution is -2.57. The van der Waals surface area contributed by atoms with Crippen LogP contribution in [0.25, 0.3) is 0 Å². The molecular weight excluding hydrogens is 390 g/mol. The van der Waals surface area contributed by atoms with Gasteiger partial charge in [0.05, 0.1) is 11.8 Å². The predicted octanol–water partition coefficient (Wildman–Crippen LogP) is 3.54. The quantitative estimate of drug-likeness (QED) is 0.712. The summed E-state index contributed by atoms with van der Waals surface area (Å²) in [7, 11) is 0. The first kappa shape index (κ1) is 20.7. The molecule has 31 heavy (non-hydrogen) atoms. The second-order valence-electron chi connectivity index (χ2n) is 10.8. The van der Waals surface area contributed by atoms with E-state index in [2.05, 4.69) is 12.2 Å². The summed E-state index contributed by atoms with van der Waals surface area (Å²) in [5.74, 6) is -0.206. The molecule has 2 N–H and O–H groups in total. The Morgan fingerprint density at radius 1 is 1.16 bits per heavy atom. The Bertz CT molecular complexity index is 954. The molecule has 4 aliphatic rings. The molecule has 3 saturated carbocycles. The van der Waals surface area contributed by atoms with E-state index in [1.165, 1.54) is 0 Å². The van der Waals surface area contributed by atoms with Crippen LogP contribution in [-0.2, 0) is 4.79 Å². The molecule has 5 heteroatoms. The Kier molecular flexibility index (Phi) is 4.81. The molecule has 0 radical (unpaired) electrons. The third-order valence-electron chi connectivity index (χ3n) is 9.39. The molecule has 1 aromatic carbocycles. The van der Waals surface area contributed by atoms with Gasteiger partial charge in [-0.25, -0.2) is 0 Å². The Labute approximate surface area is 183 Å². The summed E-state index contributed by atoms with van der Waals surface area (Å²) in [4.78, 5) is 25.4. The molecule has 0 saturated heterocycles. The highest BCUT2D eigenvalue weighted by molar-refractivity contribution is 6.18. The number of allylic oxidation sites excluding steroid dienone is 2. The Morgan fingerprint density at radius 2 is 1.94 bits per heavy atom. The maximum absolute atomic E-state index is 13.0. The fraction of sp³-hybridized carbons (Fsp3) is 0.615. The SMILES string of the molecule is C[C@]12CC[C@@H](O)C[C@H]1CC[C@H]1[C@@H](/C=C3/Nc4ccccc4C3=O)[C@@](C)(C(=O)[O-])CC[C@@H]12. The number of ketones is 1. The molecule has 1 aliphatic heterocycles. The number of hydrogen-bond donors (Lipinski definition) is 2. The molecule has 0 unspecified atom stereocenters. The van der Waals surface area contributed by atoms with Crippen molar-refractivity contribution in [2.45, 2.75) is 64.9 Å². The van der Waals surface area contributed by atoms with Crippen molar-refractivity contribution >= 4 is 17.4 Å². The van der Waals surface area contributed by atoms with Gasteiger partial charge in [-0.15, -0.1) is 0 Å². The number of carbonyl (C=O) groups excluding carboxylic acids is 2. The minimum absolute atomic E-state index is 0.0564. The first-order valence-corrected chi connectivity index (χ1v) is 11.8. The number of fused-ring (bicyclic) bond motifs is 4. The van der Waals surface area contributed by atoms with Crippen LogP contribution in [0.2, 0.25) is 0 Å². The van der Waals surface area contributed by atoms with E-state index in [0.29, 0.717) is 29.5 Å². The topological polar surface area (TPSA) is 89.5 Å². The van der Waals surface area contributed by atoms with Gasteiger partial charge in [0, 0.05) is 22.6 Å². The van der Waals surface area contributed by atoms with Gasteiger partial charge in [-0.05, 0) is 86.2 Å². The number of nitrogens with one attached hydrogen (secondary N) is 1. The molecule has 3 fully saturated rings. The van der Waals surface area contributed by atoms with Gasteiger partial charge in [0.2, 0.25) is 5.78 Å². The van der Waals surface area contributed by atoms with E-state index in [1.54, 1.807) is 0 Å². The first-order chi connectivity index (χ1) is 14.7. The van der Waals surface area contributed by atoms with Gasteiger partial charge in [-0.2, -0.15) is 0 Å². The van der Waals surface area contributed by atoms with E-state index >= 15 is 0 Å². The number of aliphatic hydroxyl groups excluding tert-OH is 1. The van der Waals surface area contributed by atoms with Crippen LogP contribution in [0.4, 0.5) is 5.69 Å². The van der Waals surface area contributed by atoms with Crippen molar-refractivity contribution in [1.29, 1.82) is 0 Å². The number of Topliss-reactive ketones (excluding diaryl/α,β-unsaturated/α-hetero) is 1. The van der Waals surface area contributed by atoms with E-state index in [0.717, 1.165) is 44.2 Å². The maximum atomic E-state index is 13.0. The zero-order chi connectivity index (χ0) is 22.0. The van der Waals surface area contributed by atoms with Crippen molar-refractivity contribution in [2.24, 2.45) is 34.5 Å². The summed E-state index contributed by atoms with van der Waals surface area (Å²) >= 11 is 0. The number of rotatable bonds is 2. The van der Waals surface area contributed by atoms with Crippen LogP contribution in [0.5, 0.6) is 0 Å². The third kappa shape index (κ3) is 3.07. The number of aliphatic carboxylic acids is 1. The van der Waals surface area contributed by atoms with E-state index in [1.807, 2.05) is 37.3 Å². The molecule has 5 nitrogen and oxygen atoms in total. The highest BCUT2D eigenvalue weighted by Crippen LogP contribution is 2.63. The highest BCUT2D eigenvalue weighted by Gasteiger charge is 2.57. The van der Waals surface area contributed by atoms with Crippen LogP contribution in [0.1, 0.15) is 69.2 Å². The van der Waals surface area contributed by atoms with Crippen molar-refractivity contribution < 1.29 is 19.8 Å². The summed E-state index contributed by atoms with van der Waals surface area (Å²) in [5, 5.41) is 25.8. The van der Waals surface area contributed by atoms with Crippen molar-refractivity contribution in [3.63, 3.8) is 0 Å². The second-order valence-corrected chi connectivity index (χ2v) is 10.8. The summed E-state index contributed by atoms with van der Waals surface area (Å²) in [5.41, 5.74) is 1.09. The monoisotopic (exact) mass is 422 g/mol. The molecule has 5 rings (SSSR count). The summed E-state index contributed by atoms with van der Waals surface area (Å²) in [6.07, 6.45) is 7.80. The van der Waals surface area contributed by atoms with Gasteiger partial charge in [-0.1, -0.05) is 32.1 Å². The molecule has 0 amide bonds. The van der Waals surface area contributed by atoms with E-state index in [4.69, 9.17) is 0 Å². The van der Waals surface area contributed by atoms with Crippen molar-refractivity contribution in [3.8, 4) is 0 Å².